The fraction of sp³-hybridized carbons (Fsp3) is 0.571. The number of likely N-dealkylation sites (N-methyl/N-ethyl adjacent to an activating group) is 1. The van der Waals surface area contributed by atoms with Crippen molar-refractivity contribution in [1.29, 1.82) is 0 Å². The molecule has 2 atom stereocenters. The zero-order valence-corrected chi connectivity index (χ0v) is 12.6. The summed E-state index contributed by atoms with van der Waals surface area (Å²) in [6, 6.07) is 7.56. The number of halogens is 4. The quantitative estimate of drug-likeness (QED) is 0.858. The number of nitrogens with zero attached hydrogens (tertiary/aromatic N) is 1. The second-order valence-corrected chi connectivity index (χ2v) is 5.43. The van der Waals surface area contributed by atoms with Crippen LogP contribution < -0.4 is 5.32 Å². The maximum atomic E-state index is 12.1. The van der Waals surface area contributed by atoms with E-state index < -0.39 is 12.7 Å². The lowest BCUT2D eigenvalue weighted by Crippen LogP contribution is -2.41. The van der Waals surface area contributed by atoms with Crippen molar-refractivity contribution < 1.29 is 13.2 Å². The van der Waals surface area contributed by atoms with Crippen LogP contribution in [0.2, 0.25) is 5.02 Å². The molecule has 2 nitrogen and oxygen atoms in total. The molecule has 0 aliphatic heterocycles. The van der Waals surface area contributed by atoms with Crippen molar-refractivity contribution in [3.05, 3.63) is 34.9 Å². The predicted molar refractivity (Wildman–Crippen MR) is 76.0 cm³/mol. The van der Waals surface area contributed by atoms with Gasteiger partial charge >= 0.3 is 6.18 Å². The monoisotopic (exact) mass is 308 g/mol. The summed E-state index contributed by atoms with van der Waals surface area (Å²) < 4.78 is 36.3. The van der Waals surface area contributed by atoms with Crippen LogP contribution in [0.25, 0.3) is 0 Å². The molecular formula is C14H20ClF3N2. The van der Waals surface area contributed by atoms with Crippen molar-refractivity contribution in [2.45, 2.75) is 32.1 Å². The number of nitrogens with one attached hydrogen (secondary N) is 1. The first kappa shape index (κ1) is 17.3. The summed E-state index contributed by atoms with van der Waals surface area (Å²) >= 11 is 5.95. The SMILES string of the molecule is CC(CNCC(F)(F)F)N(C)C(C)c1cccc(Cl)c1. The van der Waals surface area contributed by atoms with Crippen molar-refractivity contribution in [3.8, 4) is 0 Å². The third kappa shape index (κ3) is 5.69. The number of benzene rings is 1. The van der Waals surface area contributed by atoms with Crippen LogP contribution in [0.3, 0.4) is 0 Å². The van der Waals surface area contributed by atoms with Gasteiger partial charge < -0.3 is 5.32 Å². The molecule has 1 aromatic rings. The topological polar surface area (TPSA) is 15.3 Å². The smallest absolute Gasteiger partial charge is 0.307 e. The van der Waals surface area contributed by atoms with Gasteiger partial charge in [0.25, 0.3) is 0 Å². The van der Waals surface area contributed by atoms with Gasteiger partial charge in [-0.3, -0.25) is 4.90 Å². The molecule has 0 saturated carbocycles. The molecule has 0 spiro atoms. The molecule has 1 aromatic carbocycles. The van der Waals surface area contributed by atoms with Crippen molar-refractivity contribution in [1.82, 2.24) is 10.2 Å². The summed E-state index contributed by atoms with van der Waals surface area (Å²) in [5.74, 6) is 0. The Morgan fingerprint density at radius 2 is 1.95 bits per heavy atom. The molecule has 114 valence electrons. The van der Waals surface area contributed by atoms with Crippen LogP contribution in [0.5, 0.6) is 0 Å². The van der Waals surface area contributed by atoms with E-state index in [-0.39, 0.29) is 18.6 Å². The average Bonchev–Trinajstić information content (AvgIpc) is 2.35. The Balaban J connectivity index is 2.53. The molecule has 0 amide bonds. The van der Waals surface area contributed by atoms with Gasteiger partial charge in [-0.05, 0) is 38.6 Å². The van der Waals surface area contributed by atoms with E-state index in [1.807, 2.05) is 44.0 Å². The average molecular weight is 309 g/mol. The van der Waals surface area contributed by atoms with Crippen molar-refractivity contribution in [2.75, 3.05) is 20.1 Å². The standard InChI is InChI=1S/C14H20ClF3N2/c1-10(8-19-9-14(16,17)18)20(3)11(2)12-5-4-6-13(15)7-12/h4-7,10-11,19H,8-9H2,1-3H3. The van der Waals surface area contributed by atoms with E-state index in [2.05, 4.69) is 5.32 Å². The van der Waals surface area contributed by atoms with Gasteiger partial charge in [0.15, 0.2) is 0 Å². The summed E-state index contributed by atoms with van der Waals surface area (Å²) in [7, 11) is 1.89. The van der Waals surface area contributed by atoms with Gasteiger partial charge in [-0.25, -0.2) is 0 Å². The molecule has 2 unspecified atom stereocenters. The Morgan fingerprint density at radius 1 is 1.30 bits per heavy atom. The van der Waals surface area contributed by atoms with Crippen LogP contribution in [-0.4, -0.2) is 37.3 Å². The third-order valence-electron chi connectivity index (χ3n) is 3.40. The van der Waals surface area contributed by atoms with Gasteiger partial charge in [0.05, 0.1) is 6.54 Å². The summed E-state index contributed by atoms with van der Waals surface area (Å²) in [6.45, 7) is 3.22. The number of alkyl halides is 3. The minimum atomic E-state index is -4.17. The Morgan fingerprint density at radius 3 is 2.50 bits per heavy atom. The number of hydrogen-bond donors (Lipinski definition) is 1. The normalized spacial score (nSPS) is 15.4. The lowest BCUT2D eigenvalue weighted by atomic mass is 10.1. The summed E-state index contributed by atoms with van der Waals surface area (Å²) in [5.41, 5.74) is 1.04. The van der Waals surface area contributed by atoms with E-state index in [1.54, 1.807) is 6.07 Å². The summed E-state index contributed by atoms with van der Waals surface area (Å²) in [6.07, 6.45) is -4.17. The Bertz CT molecular complexity index is 423. The molecule has 0 radical (unpaired) electrons. The molecule has 1 rings (SSSR count). The lowest BCUT2D eigenvalue weighted by Gasteiger charge is -2.31. The minimum absolute atomic E-state index is 0.0219. The zero-order chi connectivity index (χ0) is 15.3. The Kier molecular flexibility index (Phi) is 6.30. The van der Waals surface area contributed by atoms with E-state index in [0.29, 0.717) is 5.02 Å². The third-order valence-corrected chi connectivity index (χ3v) is 3.64. The second-order valence-electron chi connectivity index (χ2n) is 4.99. The zero-order valence-electron chi connectivity index (χ0n) is 11.8. The van der Waals surface area contributed by atoms with Crippen LogP contribution in [0.4, 0.5) is 13.2 Å². The lowest BCUT2D eigenvalue weighted by molar-refractivity contribution is -0.125. The molecule has 0 aromatic heterocycles. The molecule has 6 heteroatoms. The molecule has 0 bridgehead atoms. The molecule has 0 saturated heterocycles. The number of hydrogen-bond acceptors (Lipinski definition) is 2. The van der Waals surface area contributed by atoms with Crippen LogP contribution in [0.1, 0.15) is 25.5 Å². The number of rotatable bonds is 6. The van der Waals surface area contributed by atoms with E-state index in [4.69, 9.17) is 11.6 Å². The molecule has 20 heavy (non-hydrogen) atoms. The highest BCUT2D eigenvalue weighted by atomic mass is 35.5. The summed E-state index contributed by atoms with van der Waals surface area (Å²) in [5, 5.41) is 3.09. The molecule has 0 aliphatic carbocycles. The minimum Gasteiger partial charge on any atom is -0.307 e. The molecule has 0 aliphatic rings. The van der Waals surface area contributed by atoms with Gasteiger partial charge in [0, 0.05) is 23.7 Å². The highest BCUT2D eigenvalue weighted by molar-refractivity contribution is 6.30. The highest BCUT2D eigenvalue weighted by Gasteiger charge is 2.27. The van der Waals surface area contributed by atoms with Crippen LogP contribution >= 0.6 is 11.6 Å². The Labute approximate surface area is 122 Å². The maximum absolute atomic E-state index is 12.1. The van der Waals surface area contributed by atoms with E-state index in [9.17, 15) is 13.2 Å². The van der Waals surface area contributed by atoms with E-state index in [0.717, 1.165) is 5.56 Å². The van der Waals surface area contributed by atoms with E-state index >= 15 is 0 Å². The largest absolute Gasteiger partial charge is 0.401 e. The first-order chi connectivity index (χ1) is 9.20. The van der Waals surface area contributed by atoms with Crippen LogP contribution in [-0.2, 0) is 0 Å². The predicted octanol–water partition coefficient (Wildman–Crippen LogP) is 3.87. The van der Waals surface area contributed by atoms with Crippen molar-refractivity contribution >= 4 is 11.6 Å². The molecule has 0 heterocycles. The highest BCUT2D eigenvalue weighted by Crippen LogP contribution is 2.23. The fourth-order valence-electron chi connectivity index (χ4n) is 1.95. The fourth-order valence-corrected chi connectivity index (χ4v) is 2.15. The van der Waals surface area contributed by atoms with Gasteiger partial charge in [-0.15, -0.1) is 0 Å². The van der Waals surface area contributed by atoms with Gasteiger partial charge in [-0.2, -0.15) is 13.2 Å². The maximum Gasteiger partial charge on any atom is 0.401 e. The second kappa shape index (κ2) is 7.29. The van der Waals surface area contributed by atoms with Crippen molar-refractivity contribution in [3.63, 3.8) is 0 Å². The molecule has 0 fully saturated rings. The van der Waals surface area contributed by atoms with Crippen molar-refractivity contribution in [2.24, 2.45) is 0 Å². The molecule has 1 N–H and O–H groups in total. The van der Waals surface area contributed by atoms with Crippen LogP contribution in [0.15, 0.2) is 24.3 Å². The van der Waals surface area contributed by atoms with Crippen LogP contribution in [0, 0.1) is 0 Å². The van der Waals surface area contributed by atoms with Gasteiger partial charge in [0.2, 0.25) is 0 Å². The first-order valence-electron chi connectivity index (χ1n) is 6.45. The van der Waals surface area contributed by atoms with Gasteiger partial charge in [0.1, 0.15) is 0 Å². The molecular weight excluding hydrogens is 289 g/mol. The first-order valence-corrected chi connectivity index (χ1v) is 6.83. The van der Waals surface area contributed by atoms with Gasteiger partial charge in [-0.1, -0.05) is 23.7 Å². The Hall–Kier alpha value is -0.780. The van der Waals surface area contributed by atoms with E-state index in [1.165, 1.54) is 0 Å². The summed E-state index contributed by atoms with van der Waals surface area (Å²) in [4.78, 5) is 2.02.